The Morgan fingerprint density at radius 2 is 2.00 bits per heavy atom. The van der Waals surface area contributed by atoms with Gasteiger partial charge in [-0.2, -0.15) is 0 Å². The summed E-state index contributed by atoms with van der Waals surface area (Å²) in [5, 5.41) is 0. The highest BCUT2D eigenvalue weighted by atomic mass is 15.3. The van der Waals surface area contributed by atoms with E-state index in [1.165, 1.54) is 0 Å². The molecule has 2 nitrogen and oxygen atoms in total. The Balaban J connectivity index is 2.45. The monoisotopic (exact) mass is 180 g/mol. The zero-order valence-electron chi connectivity index (χ0n) is 8.95. The predicted octanol–water partition coefficient (Wildman–Crippen LogP) is 1.03. The Morgan fingerprint density at radius 3 is 2.62 bits per heavy atom. The first-order valence-electron chi connectivity index (χ1n) is 5.04. The van der Waals surface area contributed by atoms with Crippen molar-refractivity contribution in [2.45, 2.75) is 32.4 Å². The molecule has 0 aromatic heterocycles. The van der Waals surface area contributed by atoms with E-state index < -0.39 is 0 Å². The van der Waals surface area contributed by atoms with Gasteiger partial charge in [0.1, 0.15) is 0 Å². The highest BCUT2D eigenvalue weighted by Crippen LogP contribution is 2.14. The summed E-state index contributed by atoms with van der Waals surface area (Å²) in [6, 6.07) is 1.28. The van der Waals surface area contributed by atoms with Gasteiger partial charge in [-0.15, -0.1) is 12.3 Å². The minimum Gasteiger partial charge on any atom is -0.301 e. The normalized spacial score (nSPS) is 31.5. The summed E-state index contributed by atoms with van der Waals surface area (Å²) in [4.78, 5) is 4.90. The molecule has 0 aromatic rings. The van der Waals surface area contributed by atoms with Crippen molar-refractivity contribution in [3.8, 4) is 12.3 Å². The molecule has 0 aliphatic carbocycles. The third kappa shape index (κ3) is 2.46. The third-order valence-electron chi connectivity index (χ3n) is 3.25. The molecule has 1 aliphatic rings. The van der Waals surface area contributed by atoms with Crippen LogP contribution in [-0.4, -0.2) is 48.6 Å². The molecule has 2 heteroatoms. The van der Waals surface area contributed by atoms with Crippen LogP contribution in [0.3, 0.4) is 0 Å². The Kier molecular flexibility index (Phi) is 3.77. The van der Waals surface area contributed by atoms with Crippen molar-refractivity contribution in [3.05, 3.63) is 0 Å². The summed E-state index contributed by atoms with van der Waals surface area (Å²) in [5.41, 5.74) is 0. The number of rotatable bonds is 2. The van der Waals surface area contributed by atoms with Crippen LogP contribution in [0.25, 0.3) is 0 Å². The molecule has 1 rings (SSSR count). The molecule has 0 radical (unpaired) electrons. The van der Waals surface area contributed by atoms with E-state index >= 15 is 0 Å². The van der Waals surface area contributed by atoms with Crippen LogP contribution >= 0.6 is 0 Å². The summed E-state index contributed by atoms with van der Waals surface area (Å²) in [5.74, 6) is 2.71. The highest BCUT2D eigenvalue weighted by Gasteiger charge is 2.27. The smallest absolute Gasteiger partial charge is 0.0221 e. The Morgan fingerprint density at radius 1 is 1.31 bits per heavy atom. The zero-order valence-corrected chi connectivity index (χ0v) is 8.95. The Hall–Kier alpha value is -0.520. The maximum absolute atomic E-state index is 5.27. The Bertz CT molecular complexity index is 195. The second kappa shape index (κ2) is 4.64. The molecule has 2 atom stereocenters. The fourth-order valence-corrected chi connectivity index (χ4v) is 1.89. The molecule has 13 heavy (non-hydrogen) atoms. The molecule has 0 saturated carbocycles. The average Bonchev–Trinajstić information content (AvgIpc) is 2.13. The minimum atomic E-state index is 0.632. The van der Waals surface area contributed by atoms with Gasteiger partial charge in [0.15, 0.2) is 0 Å². The SMILES string of the molecule is C#CCCN1CCN(C)C(C)C1C. The van der Waals surface area contributed by atoms with Gasteiger partial charge in [-0.1, -0.05) is 0 Å². The number of piperazine rings is 1. The lowest BCUT2D eigenvalue weighted by molar-refractivity contribution is 0.0544. The van der Waals surface area contributed by atoms with Crippen molar-refractivity contribution in [1.82, 2.24) is 9.80 Å². The highest BCUT2D eigenvalue weighted by molar-refractivity contribution is 4.89. The fourth-order valence-electron chi connectivity index (χ4n) is 1.89. The van der Waals surface area contributed by atoms with Crippen LogP contribution in [0.4, 0.5) is 0 Å². The fraction of sp³-hybridized carbons (Fsp3) is 0.818. The lowest BCUT2D eigenvalue weighted by Crippen LogP contribution is -2.55. The molecule has 1 saturated heterocycles. The van der Waals surface area contributed by atoms with E-state index in [-0.39, 0.29) is 0 Å². The molecule has 1 heterocycles. The summed E-state index contributed by atoms with van der Waals surface area (Å²) < 4.78 is 0. The van der Waals surface area contributed by atoms with Gasteiger partial charge in [-0.25, -0.2) is 0 Å². The van der Waals surface area contributed by atoms with Gasteiger partial charge in [0.2, 0.25) is 0 Å². The van der Waals surface area contributed by atoms with Crippen LogP contribution in [-0.2, 0) is 0 Å². The van der Waals surface area contributed by atoms with Crippen molar-refractivity contribution >= 4 is 0 Å². The topological polar surface area (TPSA) is 6.48 Å². The molecular formula is C11H20N2. The van der Waals surface area contributed by atoms with Crippen molar-refractivity contribution in [1.29, 1.82) is 0 Å². The van der Waals surface area contributed by atoms with Crippen LogP contribution in [0, 0.1) is 12.3 Å². The van der Waals surface area contributed by atoms with Gasteiger partial charge in [0.25, 0.3) is 0 Å². The predicted molar refractivity (Wildman–Crippen MR) is 56.6 cm³/mol. The minimum absolute atomic E-state index is 0.632. The summed E-state index contributed by atoms with van der Waals surface area (Å²) in [6.45, 7) is 7.94. The Labute approximate surface area is 81.9 Å². The largest absolute Gasteiger partial charge is 0.301 e. The third-order valence-corrected chi connectivity index (χ3v) is 3.25. The summed E-state index contributed by atoms with van der Waals surface area (Å²) >= 11 is 0. The number of nitrogens with zero attached hydrogens (tertiary/aromatic N) is 2. The van der Waals surface area contributed by atoms with E-state index in [4.69, 9.17) is 6.42 Å². The molecule has 0 amide bonds. The van der Waals surface area contributed by atoms with Gasteiger partial charge in [-0.05, 0) is 20.9 Å². The van der Waals surface area contributed by atoms with E-state index in [1.807, 2.05) is 0 Å². The molecule has 0 N–H and O–H groups in total. The summed E-state index contributed by atoms with van der Waals surface area (Å²) in [6.07, 6.45) is 6.14. The van der Waals surface area contributed by atoms with Crippen molar-refractivity contribution in [2.24, 2.45) is 0 Å². The van der Waals surface area contributed by atoms with Crippen LogP contribution in [0.2, 0.25) is 0 Å². The van der Waals surface area contributed by atoms with Gasteiger partial charge < -0.3 is 4.90 Å². The van der Waals surface area contributed by atoms with Crippen LogP contribution < -0.4 is 0 Å². The lowest BCUT2D eigenvalue weighted by Gasteiger charge is -2.43. The lowest BCUT2D eigenvalue weighted by atomic mass is 10.1. The maximum atomic E-state index is 5.27. The van der Waals surface area contributed by atoms with E-state index in [0.29, 0.717) is 12.1 Å². The van der Waals surface area contributed by atoms with Gasteiger partial charge in [0, 0.05) is 38.1 Å². The van der Waals surface area contributed by atoms with Gasteiger partial charge >= 0.3 is 0 Å². The van der Waals surface area contributed by atoms with Gasteiger partial charge in [0.05, 0.1) is 0 Å². The molecule has 0 bridgehead atoms. The van der Waals surface area contributed by atoms with Crippen molar-refractivity contribution in [2.75, 3.05) is 26.7 Å². The standard InChI is InChI=1S/C11H20N2/c1-5-6-7-13-9-8-12(4)10(2)11(13)3/h1,10-11H,6-9H2,2-4H3. The zero-order chi connectivity index (χ0) is 9.84. The van der Waals surface area contributed by atoms with Crippen LogP contribution in [0.5, 0.6) is 0 Å². The number of hydrogen-bond acceptors (Lipinski definition) is 2. The average molecular weight is 180 g/mol. The van der Waals surface area contributed by atoms with E-state index in [2.05, 4.69) is 36.6 Å². The second-order valence-corrected chi connectivity index (χ2v) is 3.95. The molecule has 0 aromatic carbocycles. The summed E-state index contributed by atoms with van der Waals surface area (Å²) in [7, 11) is 2.19. The molecule has 1 aliphatic heterocycles. The van der Waals surface area contributed by atoms with Crippen molar-refractivity contribution in [3.63, 3.8) is 0 Å². The first kappa shape index (κ1) is 10.6. The molecule has 1 fully saturated rings. The van der Waals surface area contributed by atoms with Crippen molar-refractivity contribution < 1.29 is 0 Å². The number of terminal acetylenes is 1. The molecule has 0 spiro atoms. The first-order valence-corrected chi connectivity index (χ1v) is 5.04. The van der Waals surface area contributed by atoms with Gasteiger partial charge in [-0.3, -0.25) is 4.90 Å². The number of hydrogen-bond donors (Lipinski definition) is 0. The number of likely N-dealkylation sites (N-methyl/N-ethyl adjacent to an activating group) is 1. The van der Waals surface area contributed by atoms with Crippen LogP contribution in [0.15, 0.2) is 0 Å². The van der Waals surface area contributed by atoms with E-state index in [0.717, 1.165) is 26.1 Å². The molecule has 74 valence electrons. The maximum Gasteiger partial charge on any atom is 0.0221 e. The van der Waals surface area contributed by atoms with Crippen LogP contribution in [0.1, 0.15) is 20.3 Å². The second-order valence-electron chi connectivity index (χ2n) is 3.95. The quantitative estimate of drug-likeness (QED) is 0.586. The van der Waals surface area contributed by atoms with E-state index in [1.54, 1.807) is 0 Å². The molecule has 2 unspecified atom stereocenters. The molecular weight excluding hydrogens is 160 g/mol. The van der Waals surface area contributed by atoms with E-state index in [9.17, 15) is 0 Å². The first-order chi connectivity index (χ1) is 6.16.